The molecule has 1 aliphatic heterocycles. The Morgan fingerprint density at radius 1 is 1.06 bits per heavy atom. The van der Waals surface area contributed by atoms with Crippen molar-refractivity contribution in [2.24, 2.45) is 0 Å². The van der Waals surface area contributed by atoms with Gasteiger partial charge in [0.05, 0.1) is 23.4 Å². The maximum atomic E-state index is 13.1. The average Bonchev–Trinajstić information content (AvgIpc) is 2.78. The zero-order valence-corrected chi connectivity index (χ0v) is 18.0. The Morgan fingerprint density at radius 3 is 2.65 bits per heavy atom. The number of para-hydroxylation sites is 1. The third-order valence-electron chi connectivity index (χ3n) is 4.64. The van der Waals surface area contributed by atoms with Gasteiger partial charge in [0, 0.05) is 5.56 Å². The number of cyclic esters (lactones) is 1. The molecule has 0 saturated heterocycles. The van der Waals surface area contributed by atoms with Gasteiger partial charge in [-0.05, 0) is 35.9 Å². The normalized spacial score (nSPS) is 15.9. The van der Waals surface area contributed by atoms with Crippen LogP contribution in [-0.4, -0.2) is 35.6 Å². The van der Waals surface area contributed by atoms with Crippen LogP contribution in [0.5, 0.6) is 17.2 Å². The van der Waals surface area contributed by atoms with E-state index in [0.717, 1.165) is 11.1 Å². The Labute approximate surface area is 186 Å². The molecule has 1 atom stereocenters. The summed E-state index contributed by atoms with van der Waals surface area (Å²) >= 11 is 6.06. The number of phenolic OH excluding ortho intramolecular Hbond substituents is 1. The molecule has 1 aliphatic rings. The molecule has 4 rings (SSSR count). The van der Waals surface area contributed by atoms with E-state index in [1.807, 2.05) is 30.3 Å². The van der Waals surface area contributed by atoms with Crippen LogP contribution >= 0.6 is 11.6 Å². The van der Waals surface area contributed by atoms with Crippen molar-refractivity contribution in [3.05, 3.63) is 65.2 Å². The molecule has 9 heteroatoms. The van der Waals surface area contributed by atoms with E-state index in [1.54, 1.807) is 12.1 Å². The lowest BCUT2D eigenvalue weighted by molar-refractivity contribution is 0.0450. The number of aromatic hydroxyl groups is 1. The molecule has 7 nitrogen and oxygen atoms in total. The summed E-state index contributed by atoms with van der Waals surface area (Å²) in [5, 5.41) is 10.2. The van der Waals surface area contributed by atoms with Crippen LogP contribution in [0.15, 0.2) is 59.5 Å². The number of carbonyl (C=O) groups is 1. The molecule has 0 amide bonds. The highest BCUT2D eigenvalue weighted by atomic mass is 35.5. The van der Waals surface area contributed by atoms with E-state index < -0.39 is 22.7 Å². The number of nitrogens with one attached hydrogen (secondary N) is 1. The van der Waals surface area contributed by atoms with Gasteiger partial charge in [0.25, 0.3) is 0 Å². The summed E-state index contributed by atoms with van der Waals surface area (Å²) in [5.41, 5.74) is 2.07. The van der Waals surface area contributed by atoms with Crippen molar-refractivity contribution in [2.75, 3.05) is 25.0 Å². The fourth-order valence-corrected chi connectivity index (χ4v) is 4.41. The minimum Gasteiger partial charge on any atom is -0.505 e. The van der Waals surface area contributed by atoms with E-state index in [4.69, 9.17) is 25.8 Å². The fraction of sp³-hybridized carbons (Fsp3) is 0.136. The molecule has 4 bridgehead atoms. The zero-order chi connectivity index (χ0) is 22.0. The average molecular weight is 460 g/mol. The second-order valence-corrected chi connectivity index (χ2v) is 8.16. The number of hydrogen-bond donors (Lipinski definition) is 2. The van der Waals surface area contributed by atoms with Gasteiger partial charge >= 0.3 is 5.97 Å². The summed E-state index contributed by atoms with van der Waals surface area (Å²) in [4.78, 5) is 12.4. The summed E-state index contributed by atoms with van der Waals surface area (Å²) in [6, 6.07) is 15.3. The smallest absolute Gasteiger partial charge is 0.338 e. The van der Waals surface area contributed by atoms with Gasteiger partial charge in [0.15, 0.2) is 16.7 Å². The van der Waals surface area contributed by atoms with Gasteiger partial charge < -0.3 is 19.3 Å². The highest BCUT2D eigenvalue weighted by Crippen LogP contribution is 2.37. The van der Waals surface area contributed by atoms with Crippen molar-refractivity contribution in [3.63, 3.8) is 0 Å². The Kier molecular flexibility index (Phi) is 6.01. The largest absolute Gasteiger partial charge is 0.505 e. The number of benzene rings is 3. The number of fused-ring (bicyclic) bond motifs is 6. The summed E-state index contributed by atoms with van der Waals surface area (Å²) < 4.78 is 32.4. The van der Waals surface area contributed by atoms with Crippen molar-refractivity contribution < 1.29 is 28.3 Å². The van der Waals surface area contributed by atoms with Crippen LogP contribution in [0.3, 0.4) is 0 Å². The number of hydrogen-bond acceptors (Lipinski definition) is 6. The number of rotatable bonds is 1. The van der Waals surface area contributed by atoms with Crippen LogP contribution < -0.4 is 14.2 Å². The first-order valence-corrected chi connectivity index (χ1v) is 10.8. The van der Waals surface area contributed by atoms with E-state index >= 15 is 0 Å². The highest BCUT2D eigenvalue weighted by Gasteiger charge is 2.21. The third-order valence-corrected chi connectivity index (χ3v) is 6.04. The number of ether oxygens (including phenoxy) is 3. The summed E-state index contributed by atoms with van der Waals surface area (Å²) in [5.74, 6) is -0.0184. The first kappa shape index (κ1) is 21.0. The van der Waals surface area contributed by atoms with E-state index in [1.165, 1.54) is 19.2 Å². The lowest BCUT2D eigenvalue weighted by Gasteiger charge is -2.15. The number of halogens is 1. The first-order chi connectivity index (χ1) is 15.0. The minimum absolute atomic E-state index is 0.00377. The number of anilines is 1. The summed E-state index contributed by atoms with van der Waals surface area (Å²) in [7, 11) is -0.463. The Bertz CT molecular complexity index is 1180. The summed E-state index contributed by atoms with van der Waals surface area (Å²) in [6.45, 7) is 0.130. The topological polar surface area (TPSA) is 94.1 Å². The molecule has 0 aromatic heterocycles. The minimum atomic E-state index is -1.96. The number of carbonyl (C=O) groups excluding carboxylic acids is 1. The Morgan fingerprint density at radius 2 is 1.84 bits per heavy atom. The van der Waals surface area contributed by atoms with Crippen LogP contribution in [0.4, 0.5) is 5.69 Å². The van der Waals surface area contributed by atoms with Crippen LogP contribution in [0.25, 0.3) is 11.1 Å². The second kappa shape index (κ2) is 8.87. The Hall–Kier alpha value is -3.23. The molecule has 3 aromatic carbocycles. The zero-order valence-electron chi connectivity index (χ0n) is 16.4. The molecule has 31 heavy (non-hydrogen) atoms. The van der Waals surface area contributed by atoms with Crippen molar-refractivity contribution in [3.8, 4) is 28.4 Å². The van der Waals surface area contributed by atoms with Crippen molar-refractivity contribution >= 4 is 34.2 Å². The predicted molar refractivity (Wildman–Crippen MR) is 117 cm³/mol. The van der Waals surface area contributed by atoms with E-state index in [2.05, 4.69) is 4.72 Å². The standard InChI is InChI=1S/C22H18ClNO6S/c1-28-19-7-6-13-11-17(19)24-31(27)20-12-14(10-16(23)21(20)25)22(26)30-9-8-29-18-5-3-2-4-15(13)18/h2-7,10-12,24-25H,8-9H2,1H3. The number of phenols is 1. The fourth-order valence-electron chi connectivity index (χ4n) is 3.14. The van der Waals surface area contributed by atoms with Crippen LogP contribution in [-0.2, 0) is 15.7 Å². The first-order valence-electron chi connectivity index (χ1n) is 9.26. The third kappa shape index (κ3) is 4.30. The van der Waals surface area contributed by atoms with Crippen molar-refractivity contribution in [1.29, 1.82) is 0 Å². The van der Waals surface area contributed by atoms with E-state index in [0.29, 0.717) is 17.2 Å². The molecule has 0 fully saturated rings. The van der Waals surface area contributed by atoms with Gasteiger partial charge in [-0.2, -0.15) is 0 Å². The predicted octanol–water partition coefficient (Wildman–Crippen LogP) is 4.41. The van der Waals surface area contributed by atoms with Crippen LogP contribution in [0.2, 0.25) is 5.02 Å². The molecule has 1 unspecified atom stereocenters. The molecule has 3 aromatic rings. The quantitative estimate of drug-likeness (QED) is 0.524. The van der Waals surface area contributed by atoms with E-state index in [9.17, 15) is 14.1 Å². The molecular weight excluding hydrogens is 442 g/mol. The Balaban J connectivity index is 1.86. The second-order valence-electron chi connectivity index (χ2n) is 6.57. The molecule has 0 saturated carbocycles. The SMILES string of the molecule is COc1ccc2cc1NS(=O)c1cc(cc(Cl)c1O)C(=O)OCCOc1ccccc1-2. The van der Waals surface area contributed by atoms with Crippen LogP contribution in [0.1, 0.15) is 10.4 Å². The van der Waals surface area contributed by atoms with Crippen molar-refractivity contribution in [2.45, 2.75) is 4.90 Å². The highest BCUT2D eigenvalue weighted by molar-refractivity contribution is 7.86. The van der Waals surface area contributed by atoms with E-state index in [-0.39, 0.29) is 28.7 Å². The van der Waals surface area contributed by atoms with Gasteiger partial charge in [-0.1, -0.05) is 35.9 Å². The van der Waals surface area contributed by atoms with Crippen LogP contribution in [0, 0.1) is 0 Å². The monoisotopic (exact) mass is 459 g/mol. The molecule has 160 valence electrons. The van der Waals surface area contributed by atoms with Gasteiger partial charge in [-0.3, -0.25) is 4.72 Å². The van der Waals surface area contributed by atoms with Crippen molar-refractivity contribution in [1.82, 2.24) is 0 Å². The van der Waals surface area contributed by atoms with Gasteiger partial charge in [-0.25, -0.2) is 9.00 Å². The molecule has 0 radical (unpaired) electrons. The van der Waals surface area contributed by atoms with Gasteiger partial charge in [-0.15, -0.1) is 0 Å². The molecular formula is C22H18ClNO6S. The molecule has 1 heterocycles. The molecule has 2 N–H and O–H groups in total. The van der Waals surface area contributed by atoms with Gasteiger partial charge in [0.2, 0.25) is 0 Å². The maximum absolute atomic E-state index is 13.1. The lowest BCUT2D eigenvalue weighted by atomic mass is 10.0. The lowest BCUT2D eigenvalue weighted by Crippen LogP contribution is -2.13. The molecule has 0 aliphatic carbocycles. The van der Waals surface area contributed by atoms with Gasteiger partial charge in [0.1, 0.15) is 29.6 Å². The number of esters is 1. The maximum Gasteiger partial charge on any atom is 0.338 e. The summed E-state index contributed by atoms with van der Waals surface area (Å²) in [6.07, 6.45) is 0. The molecule has 0 spiro atoms. The number of methoxy groups -OCH3 is 1.